The highest BCUT2D eigenvalue weighted by atomic mass is 79.9. The summed E-state index contributed by atoms with van der Waals surface area (Å²) in [6.07, 6.45) is 7.63. The Morgan fingerprint density at radius 1 is 1.26 bits per heavy atom. The van der Waals surface area contributed by atoms with Gasteiger partial charge in [0.15, 0.2) is 0 Å². The van der Waals surface area contributed by atoms with E-state index in [-0.39, 0.29) is 12.0 Å². The minimum Gasteiger partial charge on any atom is -0.465 e. The molecule has 0 spiro atoms. The Morgan fingerprint density at radius 3 is 3.00 bits per heavy atom. The van der Waals surface area contributed by atoms with Crippen LogP contribution in [-0.2, 0) is 23.0 Å². The van der Waals surface area contributed by atoms with E-state index in [0.29, 0.717) is 24.5 Å². The number of carbonyl (C=O) groups is 1. The van der Waals surface area contributed by atoms with Crippen LogP contribution in [0.3, 0.4) is 0 Å². The first-order valence-corrected chi connectivity index (χ1v) is 12.7. The van der Waals surface area contributed by atoms with Crippen molar-refractivity contribution in [3.63, 3.8) is 0 Å². The van der Waals surface area contributed by atoms with Crippen molar-refractivity contribution in [2.24, 2.45) is 13.0 Å². The van der Waals surface area contributed by atoms with Crippen LogP contribution in [0.5, 0.6) is 0 Å². The molecular weight excluding hydrogens is 454 g/mol. The maximum Gasteiger partial charge on any atom is 0.323 e. The number of likely N-dealkylation sites (N-methyl/N-ethyl adjacent to an activating group) is 1. The zero-order valence-corrected chi connectivity index (χ0v) is 20.3. The number of fused-ring (bicyclic) bond motifs is 2. The molecule has 0 saturated carbocycles. The monoisotopic (exact) mass is 487 g/mol. The topological polar surface area (TPSA) is 46.5 Å². The number of piperidine rings is 1. The summed E-state index contributed by atoms with van der Waals surface area (Å²) in [6, 6.07) is 7.22. The Kier molecular flexibility index (Phi) is 6.15. The third kappa shape index (κ3) is 3.96. The maximum atomic E-state index is 12.5. The van der Waals surface area contributed by atoms with Crippen molar-refractivity contribution >= 4 is 32.8 Å². The molecule has 1 aromatic heterocycles. The Labute approximate surface area is 193 Å². The van der Waals surface area contributed by atoms with E-state index < -0.39 is 0 Å². The summed E-state index contributed by atoms with van der Waals surface area (Å²) in [5.74, 6) is 1.06. The van der Waals surface area contributed by atoms with Crippen LogP contribution >= 0.6 is 15.9 Å². The number of hydrogen-bond acceptors (Lipinski definition) is 4. The van der Waals surface area contributed by atoms with Gasteiger partial charge >= 0.3 is 5.97 Å². The lowest BCUT2D eigenvalue weighted by atomic mass is 9.72. The predicted octanol–water partition coefficient (Wildman–Crippen LogP) is 4.37. The average Bonchev–Trinajstić information content (AvgIpc) is 2.96. The highest BCUT2D eigenvalue weighted by Gasteiger charge is 2.40. The normalized spacial score (nSPS) is 28.9. The first-order valence-electron chi connectivity index (χ1n) is 11.9. The number of carbonyl (C=O) groups excluding carboxylic acids is 1. The molecule has 0 bridgehead atoms. The summed E-state index contributed by atoms with van der Waals surface area (Å²) >= 11 is 3.85. The summed E-state index contributed by atoms with van der Waals surface area (Å²) < 4.78 is 9.22. The first-order chi connectivity index (χ1) is 15.0. The van der Waals surface area contributed by atoms with Crippen molar-refractivity contribution in [2.45, 2.75) is 62.9 Å². The van der Waals surface area contributed by atoms with Crippen LogP contribution in [0.1, 0.15) is 55.6 Å². The highest BCUT2D eigenvalue weighted by Crippen LogP contribution is 2.47. The third-order valence-corrected chi connectivity index (χ3v) is 8.88. The number of benzene rings is 1. The first kappa shape index (κ1) is 21.5. The molecule has 2 saturated heterocycles. The lowest BCUT2D eigenvalue weighted by Crippen LogP contribution is -2.48. The van der Waals surface area contributed by atoms with Crippen LogP contribution in [0.15, 0.2) is 22.8 Å². The Hall–Kier alpha value is -1.37. The van der Waals surface area contributed by atoms with Gasteiger partial charge in [-0.3, -0.25) is 4.79 Å². The van der Waals surface area contributed by atoms with Crippen LogP contribution in [0.2, 0.25) is 0 Å². The van der Waals surface area contributed by atoms with Gasteiger partial charge in [-0.2, -0.15) is 0 Å². The van der Waals surface area contributed by atoms with E-state index in [1.54, 1.807) is 0 Å². The Balaban J connectivity index is 1.27. The molecule has 2 aliphatic heterocycles. The quantitative estimate of drug-likeness (QED) is 0.650. The summed E-state index contributed by atoms with van der Waals surface area (Å²) in [5.41, 5.74) is 4.29. The van der Waals surface area contributed by atoms with Gasteiger partial charge in [0.25, 0.3) is 0 Å². The van der Waals surface area contributed by atoms with Crippen LogP contribution < -0.4 is 5.32 Å². The number of nitrogens with one attached hydrogen (secondary N) is 1. The van der Waals surface area contributed by atoms with Crippen molar-refractivity contribution in [3.05, 3.63) is 33.9 Å². The molecule has 2 unspecified atom stereocenters. The molecule has 5 nitrogen and oxygen atoms in total. The van der Waals surface area contributed by atoms with Crippen molar-refractivity contribution in [2.75, 3.05) is 26.7 Å². The zero-order valence-electron chi connectivity index (χ0n) is 18.7. The fourth-order valence-corrected chi connectivity index (χ4v) is 6.77. The number of nitrogens with zero attached hydrogens (tertiary/aromatic N) is 2. The summed E-state index contributed by atoms with van der Waals surface area (Å²) in [7, 11) is 4.42. The minimum absolute atomic E-state index is 0.0508. The minimum atomic E-state index is -0.105. The van der Waals surface area contributed by atoms with Crippen LogP contribution in [0.25, 0.3) is 10.9 Å². The van der Waals surface area contributed by atoms with E-state index in [1.165, 1.54) is 39.5 Å². The van der Waals surface area contributed by atoms with Gasteiger partial charge in [0.2, 0.25) is 0 Å². The number of aromatic nitrogens is 1. The van der Waals surface area contributed by atoms with Crippen molar-refractivity contribution in [1.82, 2.24) is 14.8 Å². The van der Waals surface area contributed by atoms with Crippen molar-refractivity contribution in [3.8, 4) is 0 Å². The maximum absolute atomic E-state index is 12.5. The molecule has 0 amide bonds. The molecule has 3 heterocycles. The number of ether oxygens (including phenoxy) is 1. The van der Waals surface area contributed by atoms with Crippen molar-refractivity contribution < 1.29 is 9.53 Å². The van der Waals surface area contributed by atoms with E-state index in [9.17, 15) is 4.79 Å². The SMILES string of the molecule is CN1C[C@H](CCOC(=O)C2CCCCCN2)CC2c3cccc4c3c(c(Br)n4C)C[C@H]21. The second-order valence-corrected chi connectivity index (χ2v) is 10.6. The Morgan fingerprint density at radius 2 is 2.13 bits per heavy atom. The van der Waals surface area contributed by atoms with Gasteiger partial charge in [-0.1, -0.05) is 25.0 Å². The molecule has 4 atom stereocenters. The number of aryl methyl sites for hydroxylation is 1. The Bertz CT molecular complexity index is 963. The molecule has 2 aromatic rings. The van der Waals surface area contributed by atoms with E-state index in [0.717, 1.165) is 45.2 Å². The summed E-state index contributed by atoms with van der Waals surface area (Å²) in [6.45, 7) is 2.55. The second-order valence-electron chi connectivity index (χ2n) is 9.80. The van der Waals surface area contributed by atoms with Crippen molar-refractivity contribution in [1.29, 1.82) is 0 Å². The second kappa shape index (κ2) is 8.87. The molecule has 5 rings (SSSR count). The van der Waals surface area contributed by atoms with E-state index in [4.69, 9.17) is 4.74 Å². The molecular formula is C25H34BrN3O2. The average molecular weight is 488 g/mol. The van der Waals surface area contributed by atoms with Crippen LogP contribution in [0.4, 0.5) is 0 Å². The lowest BCUT2D eigenvalue weighted by Gasteiger charge is -2.45. The summed E-state index contributed by atoms with van der Waals surface area (Å²) in [5, 5.41) is 4.81. The zero-order chi connectivity index (χ0) is 21.5. The van der Waals surface area contributed by atoms with Gasteiger partial charge in [0.1, 0.15) is 6.04 Å². The highest BCUT2D eigenvalue weighted by molar-refractivity contribution is 9.10. The van der Waals surface area contributed by atoms with Gasteiger partial charge in [-0.05, 0) is 84.7 Å². The molecule has 1 N–H and O–H groups in total. The number of hydrogen-bond donors (Lipinski definition) is 1. The van der Waals surface area contributed by atoms with Gasteiger partial charge in [0, 0.05) is 36.5 Å². The van der Waals surface area contributed by atoms with E-state index >= 15 is 0 Å². The van der Waals surface area contributed by atoms with E-state index in [1.807, 2.05) is 0 Å². The molecule has 6 heteroatoms. The number of esters is 1. The summed E-state index contributed by atoms with van der Waals surface area (Å²) in [4.78, 5) is 15.0. The largest absolute Gasteiger partial charge is 0.465 e. The van der Waals surface area contributed by atoms with Gasteiger partial charge in [-0.25, -0.2) is 0 Å². The van der Waals surface area contributed by atoms with Crippen LogP contribution in [-0.4, -0.2) is 54.3 Å². The standard InChI is InChI=1S/C25H34BrN3O2/c1-28-15-16(10-12-31-25(30)20-8-4-3-5-11-27-20)13-18-17-7-6-9-21-23(17)19(14-22(18)28)24(26)29(21)2/h6-7,9,16,18,20,22,27H,3-5,8,10-15H2,1-2H3/t16-,18?,20?,22-/m1/s1. The molecule has 1 aromatic carbocycles. The number of halogens is 1. The molecule has 2 fully saturated rings. The fraction of sp³-hybridized carbons (Fsp3) is 0.640. The number of likely N-dealkylation sites (tertiary alicyclic amines) is 1. The van der Waals surface area contributed by atoms with Crippen LogP contribution in [0, 0.1) is 5.92 Å². The lowest BCUT2D eigenvalue weighted by molar-refractivity contribution is -0.146. The molecule has 1 aliphatic carbocycles. The fourth-order valence-electron chi connectivity index (χ4n) is 6.22. The van der Waals surface area contributed by atoms with Gasteiger partial charge < -0.3 is 19.5 Å². The number of rotatable bonds is 4. The predicted molar refractivity (Wildman–Crippen MR) is 127 cm³/mol. The molecule has 168 valence electrons. The third-order valence-electron chi connectivity index (χ3n) is 7.87. The molecule has 31 heavy (non-hydrogen) atoms. The smallest absolute Gasteiger partial charge is 0.323 e. The molecule has 0 radical (unpaired) electrons. The van der Waals surface area contributed by atoms with Gasteiger partial charge in [-0.15, -0.1) is 0 Å². The van der Waals surface area contributed by atoms with Gasteiger partial charge in [0.05, 0.1) is 11.2 Å². The molecule has 3 aliphatic rings. The van der Waals surface area contributed by atoms with E-state index in [2.05, 4.69) is 63.0 Å².